The topological polar surface area (TPSA) is 17.1 Å². The number of hydrogen-bond acceptors (Lipinski definition) is 2. The minimum absolute atomic E-state index is 0.0126. The Balaban J connectivity index is 2.49. The van der Waals surface area contributed by atoms with E-state index in [1.165, 1.54) is 6.07 Å². The molecule has 1 aromatic carbocycles. The molecule has 0 spiro atoms. The van der Waals surface area contributed by atoms with Crippen molar-refractivity contribution in [3.8, 4) is 0 Å². The number of carbonyl (C=O) groups excluding carboxylic acids is 1. The van der Waals surface area contributed by atoms with Crippen molar-refractivity contribution in [1.82, 2.24) is 0 Å². The predicted octanol–water partition coefficient (Wildman–Crippen LogP) is 5.44. The normalized spacial score (nSPS) is 11.7. The molecule has 0 bridgehead atoms. The van der Waals surface area contributed by atoms with Crippen molar-refractivity contribution >= 4 is 40.3 Å². The molecular formula is C12H4Cl2F4OS. The summed E-state index contributed by atoms with van der Waals surface area (Å²) in [6, 6.07) is 3.28. The quantitative estimate of drug-likeness (QED) is 0.524. The van der Waals surface area contributed by atoms with Crippen LogP contribution in [0.4, 0.5) is 17.6 Å². The third kappa shape index (κ3) is 2.97. The van der Waals surface area contributed by atoms with E-state index < -0.39 is 23.3 Å². The molecule has 1 aromatic heterocycles. The van der Waals surface area contributed by atoms with Crippen molar-refractivity contribution < 1.29 is 22.4 Å². The Kier molecular flexibility index (Phi) is 4.09. The zero-order valence-corrected chi connectivity index (χ0v) is 11.7. The number of carbonyl (C=O) groups is 1. The van der Waals surface area contributed by atoms with Crippen molar-refractivity contribution in [3.63, 3.8) is 0 Å². The second kappa shape index (κ2) is 5.35. The van der Waals surface area contributed by atoms with Gasteiger partial charge in [-0.2, -0.15) is 13.2 Å². The lowest BCUT2D eigenvalue weighted by Crippen LogP contribution is -2.10. The summed E-state index contributed by atoms with van der Waals surface area (Å²) in [4.78, 5) is 12.0. The Morgan fingerprint density at radius 1 is 1.15 bits per heavy atom. The molecule has 1 heterocycles. The Morgan fingerprint density at radius 2 is 1.80 bits per heavy atom. The first-order chi connectivity index (χ1) is 9.20. The highest BCUT2D eigenvalue weighted by atomic mass is 35.5. The first kappa shape index (κ1) is 15.3. The zero-order valence-electron chi connectivity index (χ0n) is 9.39. The van der Waals surface area contributed by atoms with Crippen LogP contribution in [0.1, 0.15) is 21.5 Å². The zero-order chi connectivity index (χ0) is 15.1. The Hall–Kier alpha value is -1.11. The fourth-order valence-electron chi connectivity index (χ4n) is 1.53. The molecule has 0 fully saturated rings. The average molecular weight is 343 g/mol. The van der Waals surface area contributed by atoms with E-state index in [-0.39, 0.29) is 19.8 Å². The van der Waals surface area contributed by atoms with E-state index in [0.717, 1.165) is 17.4 Å². The molecule has 0 N–H and O–H groups in total. The van der Waals surface area contributed by atoms with Gasteiger partial charge in [-0.3, -0.25) is 4.79 Å². The van der Waals surface area contributed by atoms with Crippen LogP contribution in [-0.2, 0) is 6.18 Å². The van der Waals surface area contributed by atoms with E-state index in [1.54, 1.807) is 0 Å². The summed E-state index contributed by atoms with van der Waals surface area (Å²) >= 11 is 12.4. The van der Waals surface area contributed by atoms with E-state index >= 15 is 0 Å². The van der Waals surface area contributed by atoms with Crippen LogP contribution in [0.3, 0.4) is 0 Å². The van der Waals surface area contributed by atoms with Crippen LogP contribution in [0.25, 0.3) is 0 Å². The molecule has 0 amide bonds. The molecule has 0 aliphatic heterocycles. The van der Waals surface area contributed by atoms with E-state index in [1.807, 2.05) is 0 Å². The molecular weight excluding hydrogens is 339 g/mol. The molecule has 106 valence electrons. The van der Waals surface area contributed by atoms with Gasteiger partial charge in [-0.25, -0.2) is 4.39 Å². The van der Waals surface area contributed by atoms with E-state index in [4.69, 9.17) is 23.2 Å². The van der Waals surface area contributed by atoms with Crippen molar-refractivity contribution in [2.45, 2.75) is 6.18 Å². The maximum atomic E-state index is 13.1. The third-order valence-electron chi connectivity index (χ3n) is 2.44. The minimum Gasteiger partial charge on any atom is -0.289 e. The molecule has 0 saturated heterocycles. The van der Waals surface area contributed by atoms with Gasteiger partial charge in [0, 0.05) is 5.56 Å². The van der Waals surface area contributed by atoms with Crippen LogP contribution in [0.15, 0.2) is 24.3 Å². The fourth-order valence-corrected chi connectivity index (χ4v) is 2.99. The molecule has 2 aromatic rings. The van der Waals surface area contributed by atoms with E-state index in [9.17, 15) is 22.4 Å². The Labute approximate surface area is 124 Å². The van der Waals surface area contributed by atoms with Crippen molar-refractivity contribution in [2.24, 2.45) is 0 Å². The van der Waals surface area contributed by atoms with Gasteiger partial charge in [0.25, 0.3) is 0 Å². The Bertz CT molecular complexity index is 679. The van der Waals surface area contributed by atoms with Gasteiger partial charge in [-0.1, -0.05) is 23.2 Å². The molecule has 0 aliphatic rings. The molecule has 0 unspecified atom stereocenters. The number of hydrogen-bond donors (Lipinski definition) is 0. The number of rotatable bonds is 2. The second-order valence-electron chi connectivity index (χ2n) is 3.76. The average Bonchev–Trinajstić information content (AvgIpc) is 2.66. The molecule has 0 radical (unpaired) electrons. The van der Waals surface area contributed by atoms with Gasteiger partial charge in [-0.15, -0.1) is 11.3 Å². The molecule has 0 saturated carbocycles. The first-order valence-corrected chi connectivity index (χ1v) is 6.63. The predicted molar refractivity (Wildman–Crippen MR) is 69.2 cm³/mol. The maximum absolute atomic E-state index is 13.1. The standard InChI is InChI=1S/C12H4Cl2F4OS/c13-9-4-6(11(14)20-9)10(19)5-1-2-8(15)7(3-5)12(16,17)18/h1-4H. The largest absolute Gasteiger partial charge is 0.419 e. The highest BCUT2D eigenvalue weighted by Crippen LogP contribution is 2.35. The molecule has 1 nitrogen and oxygen atoms in total. The van der Waals surface area contributed by atoms with Crippen molar-refractivity contribution in [1.29, 1.82) is 0 Å². The van der Waals surface area contributed by atoms with Gasteiger partial charge in [0.1, 0.15) is 10.2 Å². The smallest absolute Gasteiger partial charge is 0.289 e. The van der Waals surface area contributed by atoms with Crippen molar-refractivity contribution in [2.75, 3.05) is 0 Å². The number of benzene rings is 1. The minimum atomic E-state index is -4.88. The summed E-state index contributed by atoms with van der Waals surface area (Å²) in [7, 11) is 0. The van der Waals surface area contributed by atoms with E-state index in [0.29, 0.717) is 12.1 Å². The number of alkyl halides is 3. The van der Waals surface area contributed by atoms with Gasteiger partial charge >= 0.3 is 6.18 Å². The maximum Gasteiger partial charge on any atom is 0.419 e. The number of ketones is 1. The monoisotopic (exact) mass is 342 g/mol. The molecule has 0 atom stereocenters. The van der Waals surface area contributed by atoms with Gasteiger partial charge in [0.15, 0.2) is 5.78 Å². The lowest BCUT2D eigenvalue weighted by atomic mass is 10.0. The number of halogens is 6. The van der Waals surface area contributed by atoms with Crippen LogP contribution in [0, 0.1) is 5.82 Å². The highest BCUT2D eigenvalue weighted by molar-refractivity contribution is 7.20. The van der Waals surface area contributed by atoms with Crippen LogP contribution in [0.5, 0.6) is 0 Å². The van der Waals surface area contributed by atoms with Gasteiger partial charge < -0.3 is 0 Å². The van der Waals surface area contributed by atoms with E-state index in [2.05, 4.69) is 0 Å². The van der Waals surface area contributed by atoms with Crippen LogP contribution >= 0.6 is 34.5 Å². The molecule has 2 rings (SSSR count). The summed E-state index contributed by atoms with van der Waals surface area (Å²) < 4.78 is 51.2. The van der Waals surface area contributed by atoms with Gasteiger partial charge in [0.2, 0.25) is 0 Å². The summed E-state index contributed by atoms with van der Waals surface area (Å²) in [6.07, 6.45) is -4.88. The van der Waals surface area contributed by atoms with Gasteiger partial charge in [-0.05, 0) is 24.3 Å². The first-order valence-electron chi connectivity index (χ1n) is 5.06. The summed E-state index contributed by atoms with van der Waals surface area (Å²) in [6.45, 7) is 0. The van der Waals surface area contributed by atoms with Crippen molar-refractivity contribution in [3.05, 3.63) is 55.4 Å². The fraction of sp³-hybridized carbons (Fsp3) is 0.0833. The summed E-state index contributed by atoms with van der Waals surface area (Å²) in [5, 5.41) is 0. The molecule has 8 heteroatoms. The molecule has 0 aliphatic carbocycles. The highest BCUT2D eigenvalue weighted by Gasteiger charge is 2.35. The lowest BCUT2D eigenvalue weighted by molar-refractivity contribution is -0.140. The summed E-state index contributed by atoms with van der Waals surface area (Å²) in [5.41, 5.74) is -1.82. The van der Waals surface area contributed by atoms with Crippen LogP contribution < -0.4 is 0 Å². The molecule has 20 heavy (non-hydrogen) atoms. The van der Waals surface area contributed by atoms with Gasteiger partial charge in [0.05, 0.1) is 15.5 Å². The lowest BCUT2D eigenvalue weighted by Gasteiger charge is -2.09. The summed E-state index contributed by atoms with van der Waals surface area (Å²) in [5.74, 6) is -2.19. The second-order valence-corrected chi connectivity index (χ2v) is 6.04. The number of thiophene rings is 1. The Morgan fingerprint density at radius 3 is 2.30 bits per heavy atom. The third-order valence-corrected chi connectivity index (χ3v) is 3.92. The van der Waals surface area contributed by atoms with Crippen LogP contribution in [0.2, 0.25) is 8.67 Å². The SMILES string of the molecule is O=C(c1ccc(F)c(C(F)(F)F)c1)c1cc(Cl)sc1Cl. The van der Waals surface area contributed by atoms with Crippen LogP contribution in [-0.4, -0.2) is 5.78 Å².